The highest BCUT2D eigenvalue weighted by molar-refractivity contribution is 9.11. The van der Waals surface area contributed by atoms with Crippen LogP contribution in [0.15, 0.2) is 40.2 Å². The molecule has 1 fully saturated rings. The highest BCUT2D eigenvalue weighted by Gasteiger charge is 2.25. The van der Waals surface area contributed by atoms with Crippen LogP contribution in [0, 0.1) is 0 Å². The van der Waals surface area contributed by atoms with Crippen molar-refractivity contribution < 1.29 is 4.74 Å². The lowest BCUT2D eigenvalue weighted by atomic mass is 10.0. The smallest absolute Gasteiger partial charge is 0.119 e. The second kappa shape index (κ2) is 7.59. The summed E-state index contributed by atoms with van der Waals surface area (Å²) in [6, 6.07) is 13.2. The molecule has 1 N–H and O–H groups in total. The van der Waals surface area contributed by atoms with Gasteiger partial charge in [-0.1, -0.05) is 12.1 Å². The number of benzene rings is 1. The molecule has 1 atom stereocenters. The van der Waals surface area contributed by atoms with Crippen molar-refractivity contribution in [3.05, 3.63) is 50.6 Å². The van der Waals surface area contributed by atoms with Crippen LogP contribution in [-0.4, -0.2) is 37.7 Å². The third-order valence-electron chi connectivity index (χ3n) is 3.87. The number of halogens is 1. The molecule has 3 rings (SSSR count). The van der Waals surface area contributed by atoms with Gasteiger partial charge in [0.25, 0.3) is 0 Å². The molecular formula is C17H21BrN2OS. The largest absolute Gasteiger partial charge is 0.494 e. The maximum Gasteiger partial charge on any atom is 0.119 e. The molecule has 5 heteroatoms. The quantitative estimate of drug-likeness (QED) is 0.850. The van der Waals surface area contributed by atoms with Gasteiger partial charge in [-0.25, -0.2) is 0 Å². The lowest BCUT2D eigenvalue weighted by Crippen LogP contribution is -2.45. The zero-order chi connectivity index (χ0) is 15.4. The Morgan fingerprint density at radius 1 is 1.27 bits per heavy atom. The predicted molar refractivity (Wildman–Crippen MR) is 95.9 cm³/mol. The van der Waals surface area contributed by atoms with Crippen LogP contribution in [0.4, 0.5) is 0 Å². The average Bonchev–Trinajstić information content (AvgIpc) is 2.96. The van der Waals surface area contributed by atoms with E-state index in [9.17, 15) is 0 Å². The average molecular weight is 381 g/mol. The Balaban J connectivity index is 1.95. The summed E-state index contributed by atoms with van der Waals surface area (Å²) in [4.78, 5) is 3.93. The van der Waals surface area contributed by atoms with E-state index < -0.39 is 0 Å². The summed E-state index contributed by atoms with van der Waals surface area (Å²) in [7, 11) is 0. The van der Waals surface area contributed by atoms with Crippen molar-refractivity contribution in [2.75, 3.05) is 32.8 Å². The van der Waals surface area contributed by atoms with Crippen molar-refractivity contribution in [3.8, 4) is 5.75 Å². The minimum Gasteiger partial charge on any atom is -0.494 e. The molecule has 118 valence electrons. The van der Waals surface area contributed by atoms with Crippen LogP contribution in [0.25, 0.3) is 0 Å². The second-order valence-corrected chi connectivity index (χ2v) is 7.83. The molecule has 1 aromatic carbocycles. The molecule has 2 aromatic rings. The molecule has 1 aliphatic rings. The molecule has 0 saturated carbocycles. The van der Waals surface area contributed by atoms with Crippen molar-refractivity contribution in [3.63, 3.8) is 0 Å². The lowest BCUT2D eigenvalue weighted by Gasteiger charge is -2.34. The summed E-state index contributed by atoms with van der Waals surface area (Å²) >= 11 is 5.42. The Morgan fingerprint density at radius 3 is 2.77 bits per heavy atom. The summed E-state index contributed by atoms with van der Waals surface area (Å²) in [6.45, 7) is 6.96. The Kier molecular flexibility index (Phi) is 5.52. The van der Waals surface area contributed by atoms with Gasteiger partial charge in [0.2, 0.25) is 0 Å². The highest BCUT2D eigenvalue weighted by Crippen LogP contribution is 2.36. The van der Waals surface area contributed by atoms with Crippen molar-refractivity contribution in [2.24, 2.45) is 0 Å². The zero-order valence-corrected chi connectivity index (χ0v) is 15.1. The van der Waals surface area contributed by atoms with E-state index in [1.54, 1.807) is 0 Å². The molecule has 1 unspecified atom stereocenters. The summed E-state index contributed by atoms with van der Waals surface area (Å²) < 4.78 is 6.87. The molecule has 2 heterocycles. The van der Waals surface area contributed by atoms with E-state index in [2.05, 4.69) is 56.5 Å². The Hall–Kier alpha value is -0.880. The van der Waals surface area contributed by atoms with E-state index in [-0.39, 0.29) is 0 Å². The number of nitrogens with zero attached hydrogens (tertiary/aromatic N) is 1. The van der Waals surface area contributed by atoms with Crippen LogP contribution >= 0.6 is 27.3 Å². The molecule has 22 heavy (non-hydrogen) atoms. The van der Waals surface area contributed by atoms with E-state index >= 15 is 0 Å². The van der Waals surface area contributed by atoms with Crippen molar-refractivity contribution in [1.29, 1.82) is 0 Å². The normalized spacial score (nSPS) is 17.4. The number of hydrogen-bond acceptors (Lipinski definition) is 4. The Bertz CT molecular complexity index is 610. The minimum atomic E-state index is 0.304. The molecule has 0 radical (unpaired) electrons. The number of piperazine rings is 1. The van der Waals surface area contributed by atoms with Crippen LogP contribution in [0.2, 0.25) is 0 Å². The summed E-state index contributed by atoms with van der Waals surface area (Å²) in [5.74, 6) is 0.954. The maximum atomic E-state index is 5.69. The van der Waals surface area contributed by atoms with Crippen LogP contribution in [0.5, 0.6) is 5.75 Å². The molecule has 0 spiro atoms. The van der Waals surface area contributed by atoms with Gasteiger partial charge in [0.15, 0.2) is 0 Å². The molecule has 1 aliphatic heterocycles. The molecule has 0 aliphatic carbocycles. The van der Waals surface area contributed by atoms with E-state index in [1.165, 1.54) is 14.2 Å². The van der Waals surface area contributed by atoms with Crippen LogP contribution in [0.3, 0.4) is 0 Å². The fourth-order valence-corrected chi connectivity index (χ4v) is 4.50. The molecule has 3 nitrogen and oxygen atoms in total. The monoisotopic (exact) mass is 380 g/mol. The molecule has 0 amide bonds. The van der Waals surface area contributed by atoms with Gasteiger partial charge < -0.3 is 10.1 Å². The first-order valence-corrected chi connectivity index (χ1v) is 9.31. The van der Waals surface area contributed by atoms with E-state index in [4.69, 9.17) is 4.74 Å². The molecule has 1 aromatic heterocycles. The van der Waals surface area contributed by atoms with Gasteiger partial charge in [0.1, 0.15) is 5.75 Å². The number of thiophene rings is 1. The van der Waals surface area contributed by atoms with Crippen LogP contribution in [-0.2, 0) is 0 Å². The van der Waals surface area contributed by atoms with Crippen molar-refractivity contribution in [1.82, 2.24) is 10.2 Å². The second-order valence-electron chi connectivity index (χ2n) is 5.34. The topological polar surface area (TPSA) is 24.5 Å². The Labute approximate surface area is 144 Å². The SMILES string of the molecule is CCOc1cccc(C(c2ccc(Br)s2)N2CCNCC2)c1. The Morgan fingerprint density at radius 2 is 2.09 bits per heavy atom. The number of ether oxygens (including phenoxy) is 1. The number of nitrogens with one attached hydrogen (secondary N) is 1. The number of hydrogen-bond donors (Lipinski definition) is 1. The fraction of sp³-hybridized carbons (Fsp3) is 0.412. The third-order valence-corrected chi connectivity index (χ3v) is 5.54. The van der Waals surface area contributed by atoms with Crippen molar-refractivity contribution in [2.45, 2.75) is 13.0 Å². The summed E-state index contributed by atoms with van der Waals surface area (Å²) in [5.41, 5.74) is 1.31. The van der Waals surface area contributed by atoms with Crippen LogP contribution in [0.1, 0.15) is 23.4 Å². The first-order valence-electron chi connectivity index (χ1n) is 7.70. The van der Waals surface area contributed by atoms with Crippen LogP contribution < -0.4 is 10.1 Å². The number of rotatable bonds is 5. The standard InChI is InChI=1S/C17H21BrN2OS/c1-2-21-14-5-3-4-13(12-14)17(15-6-7-16(18)22-15)20-10-8-19-9-11-20/h3-7,12,17,19H,2,8-11H2,1H3. The molecule has 1 saturated heterocycles. The van der Waals surface area contributed by atoms with Gasteiger partial charge in [-0.2, -0.15) is 0 Å². The predicted octanol–water partition coefficient (Wildman–Crippen LogP) is 3.90. The zero-order valence-electron chi connectivity index (χ0n) is 12.7. The van der Waals surface area contributed by atoms with Gasteiger partial charge in [0.05, 0.1) is 16.4 Å². The highest BCUT2D eigenvalue weighted by atomic mass is 79.9. The first kappa shape index (κ1) is 16.0. The summed E-state index contributed by atoms with van der Waals surface area (Å²) in [6.07, 6.45) is 0. The summed E-state index contributed by atoms with van der Waals surface area (Å²) in [5, 5.41) is 3.44. The van der Waals surface area contributed by atoms with E-state index in [1.807, 2.05) is 24.3 Å². The van der Waals surface area contributed by atoms with Crippen molar-refractivity contribution >= 4 is 27.3 Å². The lowest BCUT2D eigenvalue weighted by molar-refractivity contribution is 0.200. The molecular weight excluding hydrogens is 360 g/mol. The van der Waals surface area contributed by atoms with Gasteiger partial charge in [-0.3, -0.25) is 4.90 Å². The van der Waals surface area contributed by atoms with E-state index in [0.29, 0.717) is 12.6 Å². The van der Waals surface area contributed by atoms with Gasteiger partial charge in [0, 0.05) is 31.1 Å². The van der Waals surface area contributed by atoms with E-state index in [0.717, 1.165) is 31.9 Å². The van der Waals surface area contributed by atoms with Gasteiger partial charge >= 0.3 is 0 Å². The van der Waals surface area contributed by atoms with Gasteiger partial charge in [-0.05, 0) is 52.7 Å². The third kappa shape index (κ3) is 3.71. The maximum absolute atomic E-state index is 5.69. The minimum absolute atomic E-state index is 0.304. The van der Waals surface area contributed by atoms with Gasteiger partial charge in [-0.15, -0.1) is 11.3 Å². The molecule has 0 bridgehead atoms. The fourth-order valence-electron chi connectivity index (χ4n) is 2.91. The first-order chi connectivity index (χ1) is 10.8.